The monoisotopic (exact) mass is 264 g/mol. The molecule has 0 saturated carbocycles. The summed E-state index contributed by atoms with van der Waals surface area (Å²) in [6.45, 7) is 6.82. The quantitative estimate of drug-likeness (QED) is 0.837. The Kier molecular flexibility index (Phi) is 4.19. The second-order valence-electron chi connectivity index (χ2n) is 3.95. The Morgan fingerprint density at radius 3 is 2.72 bits per heavy atom. The van der Waals surface area contributed by atoms with Crippen molar-refractivity contribution in [3.8, 4) is 0 Å². The van der Waals surface area contributed by atoms with E-state index in [1.165, 1.54) is 11.8 Å². The van der Waals surface area contributed by atoms with Crippen LogP contribution in [0.1, 0.15) is 24.7 Å². The van der Waals surface area contributed by atoms with Gasteiger partial charge in [-0.15, -0.1) is 0 Å². The highest BCUT2D eigenvalue weighted by Crippen LogP contribution is 2.26. The molecular weight excluding hydrogens is 248 g/mol. The molecular formula is C12H16N4OS. The smallest absolute Gasteiger partial charge is 0.262 e. The molecule has 2 rings (SSSR count). The van der Waals surface area contributed by atoms with Crippen molar-refractivity contribution in [3.05, 3.63) is 23.7 Å². The minimum Gasteiger partial charge on any atom is -0.439 e. The van der Waals surface area contributed by atoms with Crippen LogP contribution in [0.5, 0.6) is 0 Å². The molecule has 0 atom stereocenters. The first-order valence-electron chi connectivity index (χ1n) is 5.87. The van der Waals surface area contributed by atoms with E-state index in [4.69, 9.17) is 4.42 Å². The maximum absolute atomic E-state index is 5.30. The van der Waals surface area contributed by atoms with Gasteiger partial charge in [-0.25, -0.2) is 15.0 Å². The van der Waals surface area contributed by atoms with Gasteiger partial charge in [0.05, 0.1) is 5.69 Å². The fourth-order valence-corrected chi connectivity index (χ4v) is 2.20. The molecule has 18 heavy (non-hydrogen) atoms. The van der Waals surface area contributed by atoms with Gasteiger partial charge in [-0.1, -0.05) is 6.92 Å². The van der Waals surface area contributed by atoms with Crippen LogP contribution in [0.3, 0.4) is 0 Å². The lowest BCUT2D eigenvalue weighted by atomic mass is 10.4. The summed E-state index contributed by atoms with van der Waals surface area (Å²) in [7, 11) is 0. The first-order chi connectivity index (χ1) is 8.67. The molecule has 0 aliphatic rings. The van der Waals surface area contributed by atoms with Crippen molar-refractivity contribution in [2.24, 2.45) is 0 Å². The largest absolute Gasteiger partial charge is 0.439 e. The Morgan fingerprint density at radius 1 is 1.22 bits per heavy atom. The predicted octanol–water partition coefficient (Wildman–Crippen LogP) is 3.05. The van der Waals surface area contributed by atoms with E-state index >= 15 is 0 Å². The third-order valence-corrected chi connectivity index (χ3v) is 2.93. The average Bonchev–Trinajstić information content (AvgIpc) is 2.71. The number of nitrogens with one attached hydrogen (secondary N) is 1. The van der Waals surface area contributed by atoms with Crippen LogP contribution >= 0.6 is 11.8 Å². The van der Waals surface area contributed by atoms with Crippen molar-refractivity contribution in [3.63, 3.8) is 0 Å². The molecule has 0 fully saturated rings. The van der Waals surface area contributed by atoms with Crippen LogP contribution in [-0.2, 0) is 0 Å². The van der Waals surface area contributed by atoms with Gasteiger partial charge in [0.15, 0.2) is 0 Å². The summed E-state index contributed by atoms with van der Waals surface area (Å²) in [5.41, 5.74) is 1.79. The second kappa shape index (κ2) is 5.86. The average molecular weight is 264 g/mol. The van der Waals surface area contributed by atoms with Crippen molar-refractivity contribution in [1.82, 2.24) is 15.0 Å². The van der Waals surface area contributed by atoms with E-state index in [1.807, 2.05) is 19.9 Å². The van der Waals surface area contributed by atoms with Gasteiger partial charge >= 0.3 is 0 Å². The highest BCUT2D eigenvalue weighted by molar-refractivity contribution is 7.99. The summed E-state index contributed by atoms with van der Waals surface area (Å²) >= 11 is 1.40. The van der Waals surface area contributed by atoms with Crippen LogP contribution in [-0.4, -0.2) is 21.5 Å². The summed E-state index contributed by atoms with van der Waals surface area (Å²) in [5, 5.41) is 4.62. The first kappa shape index (κ1) is 12.9. The number of hydrogen-bond acceptors (Lipinski definition) is 6. The van der Waals surface area contributed by atoms with Crippen LogP contribution in [0.2, 0.25) is 0 Å². The number of hydrogen-bond donors (Lipinski definition) is 1. The number of nitrogens with zero attached hydrogens (tertiary/aromatic N) is 3. The maximum atomic E-state index is 5.30. The maximum Gasteiger partial charge on any atom is 0.262 e. The molecule has 5 nitrogen and oxygen atoms in total. The van der Waals surface area contributed by atoms with Crippen LogP contribution in [0.15, 0.2) is 27.0 Å². The van der Waals surface area contributed by atoms with Gasteiger partial charge in [-0.3, -0.25) is 0 Å². The molecule has 0 amide bonds. The Hall–Kier alpha value is -1.56. The lowest BCUT2D eigenvalue weighted by molar-refractivity contribution is 0.454. The van der Waals surface area contributed by atoms with Crippen molar-refractivity contribution in [2.45, 2.75) is 37.4 Å². The van der Waals surface area contributed by atoms with Crippen molar-refractivity contribution in [2.75, 3.05) is 11.9 Å². The van der Waals surface area contributed by atoms with Crippen LogP contribution in [0.25, 0.3) is 0 Å². The Labute approximate surface area is 110 Å². The van der Waals surface area contributed by atoms with Crippen LogP contribution < -0.4 is 5.32 Å². The fourth-order valence-electron chi connectivity index (χ4n) is 1.38. The Balaban J connectivity index is 2.14. The van der Waals surface area contributed by atoms with E-state index in [0.29, 0.717) is 11.2 Å². The highest BCUT2D eigenvalue weighted by Gasteiger charge is 2.07. The van der Waals surface area contributed by atoms with Crippen LogP contribution in [0, 0.1) is 13.8 Å². The van der Waals surface area contributed by atoms with E-state index in [2.05, 4.69) is 27.2 Å². The zero-order chi connectivity index (χ0) is 13.0. The molecule has 96 valence electrons. The van der Waals surface area contributed by atoms with E-state index < -0.39 is 0 Å². The topological polar surface area (TPSA) is 63.8 Å². The zero-order valence-electron chi connectivity index (χ0n) is 10.7. The highest BCUT2D eigenvalue weighted by atomic mass is 32.2. The lowest BCUT2D eigenvalue weighted by Crippen LogP contribution is -2.05. The van der Waals surface area contributed by atoms with E-state index in [-0.39, 0.29) is 0 Å². The molecule has 0 bridgehead atoms. The molecule has 0 aliphatic carbocycles. The van der Waals surface area contributed by atoms with E-state index in [0.717, 1.165) is 29.4 Å². The third kappa shape index (κ3) is 3.46. The molecule has 2 aromatic heterocycles. The SMILES string of the molecule is CCCNc1nc(C)cc(Sc2nc(C)co2)n1. The Bertz CT molecular complexity index is 527. The zero-order valence-corrected chi connectivity index (χ0v) is 11.5. The molecule has 0 saturated heterocycles. The minimum atomic E-state index is 0.604. The van der Waals surface area contributed by atoms with Gasteiger partial charge in [0.1, 0.15) is 11.3 Å². The van der Waals surface area contributed by atoms with E-state index in [9.17, 15) is 0 Å². The van der Waals surface area contributed by atoms with Gasteiger partial charge in [0.2, 0.25) is 5.95 Å². The predicted molar refractivity (Wildman–Crippen MR) is 70.9 cm³/mol. The summed E-state index contributed by atoms with van der Waals surface area (Å²) in [5.74, 6) is 0.655. The number of rotatable bonds is 5. The van der Waals surface area contributed by atoms with Gasteiger partial charge < -0.3 is 9.73 Å². The van der Waals surface area contributed by atoms with E-state index in [1.54, 1.807) is 6.26 Å². The molecule has 6 heteroatoms. The number of aromatic nitrogens is 3. The van der Waals surface area contributed by atoms with Gasteiger partial charge in [0.25, 0.3) is 5.22 Å². The van der Waals surface area contributed by atoms with Crippen molar-refractivity contribution < 1.29 is 4.42 Å². The molecule has 0 unspecified atom stereocenters. The summed E-state index contributed by atoms with van der Waals surface area (Å²) in [6.07, 6.45) is 2.67. The first-order valence-corrected chi connectivity index (χ1v) is 6.68. The second-order valence-corrected chi connectivity index (χ2v) is 4.93. The third-order valence-electron chi connectivity index (χ3n) is 2.15. The van der Waals surface area contributed by atoms with Gasteiger partial charge in [0, 0.05) is 12.2 Å². The molecule has 0 aliphatic heterocycles. The molecule has 2 heterocycles. The molecule has 0 spiro atoms. The molecule has 2 aromatic rings. The number of anilines is 1. The molecule has 0 radical (unpaired) electrons. The summed E-state index contributed by atoms with van der Waals surface area (Å²) < 4.78 is 5.30. The summed E-state index contributed by atoms with van der Waals surface area (Å²) in [4.78, 5) is 13.0. The lowest BCUT2D eigenvalue weighted by Gasteiger charge is -2.05. The van der Waals surface area contributed by atoms with Crippen LogP contribution in [0.4, 0.5) is 5.95 Å². The van der Waals surface area contributed by atoms with Gasteiger partial charge in [-0.05, 0) is 38.1 Å². The van der Waals surface area contributed by atoms with Crippen molar-refractivity contribution >= 4 is 17.7 Å². The molecule has 1 N–H and O–H groups in total. The minimum absolute atomic E-state index is 0.604. The number of oxazole rings is 1. The number of aryl methyl sites for hydroxylation is 2. The van der Waals surface area contributed by atoms with Gasteiger partial charge in [-0.2, -0.15) is 0 Å². The van der Waals surface area contributed by atoms with Crippen molar-refractivity contribution in [1.29, 1.82) is 0 Å². The normalized spacial score (nSPS) is 10.6. The fraction of sp³-hybridized carbons (Fsp3) is 0.417. The standard InChI is InChI=1S/C12H16N4OS/c1-4-5-13-11-14-8(2)6-10(16-11)18-12-15-9(3)7-17-12/h6-7H,4-5H2,1-3H3,(H,13,14,16). The summed E-state index contributed by atoms with van der Waals surface area (Å²) in [6, 6.07) is 1.92. The Morgan fingerprint density at radius 2 is 2.06 bits per heavy atom. The molecule has 0 aromatic carbocycles.